The molecule has 1 aromatic carbocycles. The fourth-order valence-electron chi connectivity index (χ4n) is 1.23. The number of aromatic nitrogens is 1. The van der Waals surface area contributed by atoms with Gasteiger partial charge < -0.3 is 0 Å². The zero-order valence-corrected chi connectivity index (χ0v) is 11.1. The zero-order chi connectivity index (χ0) is 12.4. The highest BCUT2D eigenvalue weighted by Crippen LogP contribution is 2.39. The Hall–Kier alpha value is -1.11. The molecule has 17 heavy (non-hydrogen) atoms. The number of rotatable bonds is 3. The number of aryl methyl sites for hydroxylation is 1. The molecule has 0 aliphatic heterocycles. The first-order valence-corrected chi connectivity index (χ1v) is 6.68. The van der Waals surface area contributed by atoms with Crippen molar-refractivity contribution >= 4 is 40.4 Å². The summed E-state index contributed by atoms with van der Waals surface area (Å²) in [6, 6.07) is 4.88. The Morgan fingerprint density at radius 1 is 1.53 bits per heavy atom. The lowest BCUT2D eigenvalue weighted by Gasteiger charge is -2.01. The van der Waals surface area contributed by atoms with Crippen LogP contribution in [-0.2, 0) is 0 Å². The third kappa shape index (κ3) is 2.77. The van der Waals surface area contributed by atoms with Crippen LogP contribution in [0.3, 0.4) is 0 Å². The van der Waals surface area contributed by atoms with E-state index in [1.807, 2.05) is 12.3 Å². The maximum atomic E-state index is 10.9. The predicted octanol–water partition coefficient (Wildman–Crippen LogP) is 4.16. The Morgan fingerprint density at radius 2 is 2.29 bits per heavy atom. The molecule has 0 saturated heterocycles. The summed E-state index contributed by atoms with van der Waals surface area (Å²) in [7, 11) is 0. The molecule has 0 saturated carbocycles. The molecule has 0 N–H and O–H groups in total. The van der Waals surface area contributed by atoms with Gasteiger partial charge in [-0.25, -0.2) is 4.98 Å². The highest BCUT2D eigenvalue weighted by molar-refractivity contribution is 8.01. The van der Waals surface area contributed by atoms with Gasteiger partial charge in [0.2, 0.25) is 0 Å². The summed E-state index contributed by atoms with van der Waals surface area (Å²) in [4.78, 5) is 15.2. The number of thiazole rings is 1. The van der Waals surface area contributed by atoms with E-state index in [0.717, 1.165) is 10.0 Å². The molecular formula is C10H7ClN2O2S2. The minimum absolute atomic E-state index is 0.0629. The molecule has 7 heteroatoms. The molecule has 4 nitrogen and oxygen atoms in total. The molecule has 0 fully saturated rings. The van der Waals surface area contributed by atoms with E-state index in [1.165, 1.54) is 29.2 Å². The van der Waals surface area contributed by atoms with Crippen LogP contribution in [0.15, 0.2) is 32.8 Å². The zero-order valence-electron chi connectivity index (χ0n) is 8.71. The fourth-order valence-corrected chi connectivity index (χ4v) is 3.46. The van der Waals surface area contributed by atoms with Crippen molar-refractivity contribution in [2.45, 2.75) is 16.2 Å². The van der Waals surface area contributed by atoms with E-state index in [9.17, 15) is 10.1 Å². The van der Waals surface area contributed by atoms with Crippen molar-refractivity contribution in [3.63, 3.8) is 0 Å². The van der Waals surface area contributed by atoms with E-state index >= 15 is 0 Å². The maximum Gasteiger partial charge on any atom is 0.301 e. The smallest absolute Gasteiger partial charge is 0.258 e. The third-order valence-electron chi connectivity index (χ3n) is 1.93. The number of nitro groups is 1. The van der Waals surface area contributed by atoms with E-state index in [-0.39, 0.29) is 10.7 Å². The van der Waals surface area contributed by atoms with E-state index in [2.05, 4.69) is 4.98 Å². The predicted molar refractivity (Wildman–Crippen MR) is 69.1 cm³/mol. The Kier molecular flexibility index (Phi) is 3.66. The van der Waals surface area contributed by atoms with Gasteiger partial charge in [-0.05, 0) is 19.1 Å². The van der Waals surface area contributed by atoms with Gasteiger partial charge in [0.15, 0.2) is 4.34 Å². The molecular weight excluding hydrogens is 280 g/mol. The van der Waals surface area contributed by atoms with Crippen LogP contribution in [0.1, 0.15) is 5.69 Å². The van der Waals surface area contributed by atoms with Gasteiger partial charge in [-0.15, -0.1) is 11.3 Å². The minimum atomic E-state index is -0.467. The van der Waals surface area contributed by atoms with Crippen LogP contribution in [0.25, 0.3) is 0 Å². The van der Waals surface area contributed by atoms with E-state index in [1.54, 1.807) is 12.1 Å². The maximum absolute atomic E-state index is 10.9. The molecule has 88 valence electrons. The Morgan fingerprint density at radius 3 is 2.88 bits per heavy atom. The molecule has 0 amide bonds. The minimum Gasteiger partial charge on any atom is -0.258 e. The molecule has 0 unspecified atom stereocenters. The number of halogens is 1. The van der Waals surface area contributed by atoms with Crippen LogP contribution in [-0.4, -0.2) is 9.91 Å². The van der Waals surface area contributed by atoms with Crippen molar-refractivity contribution in [2.75, 3.05) is 0 Å². The molecule has 0 aliphatic rings. The van der Waals surface area contributed by atoms with Gasteiger partial charge in [-0.2, -0.15) is 0 Å². The van der Waals surface area contributed by atoms with Gasteiger partial charge >= 0.3 is 5.69 Å². The number of hydrogen-bond acceptors (Lipinski definition) is 5. The van der Waals surface area contributed by atoms with Crippen LogP contribution in [0.5, 0.6) is 0 Å². The Labute approximate surface area is 111 Å². The first kappa shape index (κ1) is 12.3. The quantitative estimate of drug-likeness (QED) is 0.628. The standard InChI is InChI=1S/C10H7ClN2O2S2/c1-6-5-16-10(12-6)17-8-4-2-3-7(11)9(8)13(14)15/h2-5H,1H3. The lowest BCUT2D eigenvalue weighted by molar-refractivity contribution is -0.387. The summed E-state index contributed by atoms with van der Waals surface area (Å²) in [6.45, 7) is 1.88. The second-order valence-corrected chi connectivity index (χ2v) is 5.75. The van der Waals surface area contributed by atoms with Crippen LogP contribution in [0, 0.1) is 17.0 Å². The van der Waals surface area contributed by atoms with Crippen LogP contribution >= 0.6 is 34.7 Å². The molecule has 0 aliphatic carbocycles. The van der Waals surface area contributed by atoms with Crippen molar-refractivity contribution in [3.05, 3.63) is 44.4 Å². The van der Waals surface area contributed by atoms with Crippen molar-refractivity contribution in [1.82, 2.24) is 4.98 Å². The average Bonchev–Trinajstić information content (AvgIpc) is 2.63. The van der Waals surface area contributed by atoms with Gasteiger partial charge in [-0.3, -0.25) is 10.1 Å². The number of nitro benzene ring substituents is 1. The normalized spacial score (nSPS) is 10.5. The SMILES string of the molecule is Cc1csc(Sc2cccc(Cl)c2[N+](=O)[O-])n1. The lowest BCUT2D eigenvalue weighted by Crippen LogP contribution is -1.91. The first-order chi connectivity index (χ1) is 8.08. The third-order valence-corrected chi connectivity index (χ3v) is 4.34. The topological polar surface area (TPSA) is 56.0 Å². The lowest BCUT2D eigenvalue weighted by atomic mass is 10.3. The van der Waals surface area contributed by atoms with Crippen molar-refractivity contribution in [3.8, 4) is 0 Å². The number of para-hydroxylation sites is 1. The van der Waals surface area contributed by atoms with Gasteiger partial charge in [0.05, 0.1) is 9.82 Å². The number of nitrogens with zero attached hydrogens (tertiary/aromatic N) is 2. The van der Waals surface area contributed by atoms with Crippen molar-refractivity contribution in [1.29, 1.82) is 0 Å². The van der Waals surface area contributed by atoms with Gasteiger partial charge in [0, 0.05) is 11.1 Å². The van der Waals surface area contributed by atoms with E-state index < -0.39 is 4.92 Å². The molecule has 2 rings (SSSR count). The molecule has 0 atom stereocenters. The monoisotopic (exact) mass is 286 g/mol. The Bertz CT molecular complexity index is 571. The number of hydrogen-bond donors (Lipinski definition) is 0. The molecule has 1 heterocycles. The van der Waals surface area contributed by atoms with Gasteiger partial charge in [0.25, 0.3) is 0 Å². The molecule has 1 aromatic heterocycles. The summed E-state index contributed by atoms with van der Waals surface area (Å²) < 4.78 is 0.771. The molecule has 2 aromatic rings. The highest BCUT2D eigenvalue weighted by atomic mass is 35.5. The molecule has 0 bridgehead atoms. The second-order valence-electron chi connectivity index (χ2n) is 3.20. The molecule has 0 spiro atoms. The largest absolute Gasteiger partial charge is 0.301 e. The average molecular weight is 287 g/mol. The number of benzene rings is 1. The van der Waals surface area contributed by atoms with Crippen LogP contribution in [0.4, 0.5) is 5.69 Å². The van der Waals surface area contributed by atoms with Crippen LogP contribution < -0.4 is 0 Å². The summed E-state index contributed by atoms with van der Waals surface area (Å²) in [5.41, 5.74) is 0.842. The molecule has 0 radical (unpaired) electrons. The summed E-state index contributed by atoms with van der Waals surface area (Å²) in [5, 5.41) is 13.0. The highest BCUT2D eigenvalue weighted by Gasteiger charge is 2.19. The van der Waals surface area contributed by atoms with Gasteiger partial charge in [-0.1, -0.05) is 29.4 Å². The van der Waals surface area contributed by atoms with Gasteiger partial charge in [0.1, 0.15) is 5.02 Å². The fraction of sp³-hybridized carbons (Fsp3) is 0.100. The summed E-state index contributed by atoms with van der Waals surface area (Å²) in [6.07, 6.45) is 0. The summed E-state index contributed by atoms with van der Waals surface area (Å²) in [5.74, 6) is 0. The first-order valence-electron chi connectivity index (χ1n) is 4.61. The summed E-state index contributed by atoms with van der Waals surface area (Å²) >= 11 is 8.54. The van der Waals surface area contributed by atoms with Crippen LogP contribution in [0.2, 0.25) is 5.02 Å². The van der Waals surface area contributed by atoms with E-state index in [0.29, 0.717) is 4.90 Å². The second kappa shape index (κ2) is 5.03. The Balaban J connectivity index is 2.39. The van der Waals surface area contributed by atoms with Crippen molar-refractivity contribution in [2.24, 2.45) is 0 Å². The van der Waals surface area contributed by atoms with Crippen molar-refractivity contribution < 1.29 is 4.92 Å². The van der Waals surface area contributed by atoms with E-state index in [4.69, 9.17) is 11.6 Å².